The Kier molecular flexibility index (Phi) is 3.94. The van der Waals surface area contributed by atoms with Crippen LogP contribution in [0, 0.1) is 0 Å². The van der Waals surface area contributed by atoms with E-state index in [-0.39, 0.29) is 4.75 Å². The second kappa shape index (κ2) is 5.33. The van der Waals surface area contributed by atoms with Crippen molar-refractivity contribution in [2.24, 2.45) is 0 Å². The second-order valence-electron chi connectivity index (χ2n) is 5.39. The van der Waals surface area contributed by atoms with Crippen molar-refractivity contribution in [2.45, 2.75) is 25.0 Å². The third kappa shape index (κ3) is 3.15. The van der Waals surface area contributed by atoms with E-state index in [0.29, 0.717) is 16.9 Å². The molecule has 0 radical (unpaired) electrons. The summed E-state index contributed by atoms with van der Waals surface area (Å²) in [6.07, 6.45) is 1.02. The maximum Gasteiger partial charge on any atom is 0.337 e. The van der Waals surface area contributed by atoms with E-state index in [4.69, 9.17) is 5.73 Å². The van der Waals surface area contributed by atoms with Crippen LogP contribution in [0.2, 0.25) is 0 Å². The van der Waals surface area contributed by atoms with Gasteiger partial charge < -0.3 is 15.7 Å². The zero-order valence-corrected chi connectivity index (χ0v) is 12.2. The van der Waals surface area contributed by atoms with Gasteiger partial charge in [0.1, 0.15) is 0 Å². The number of nitrogens with zero attached hydrogens (tertiary/aromatic N) is 1. The summed E-state index contributed by atoms with van der Waals surface area (Å²) in [5.74, 6) is 0.0684. The fourth-order valence-electron chi connectivity index (χ4n) is 2.33. The summed E-state index contributed by atoms with van der Waals surface area (Å²) in [6.45, 7) is 6.14. The standard InChI is InChI=1S/C14H20N2O2S/c1-14(2)6-7-16(8-9-19-14)12-10(13(17)18)4-3-5-11(12)15/h3-5H,6-9,15H2,1-2H3,(H,17,18). The van der Waals surface area contributed by atoms with Crippen LogP contribution in [0.1, 0.15) is 30.6 Å². The van der Waals surface area contributed by atoms with Crippen LogP contribution in [-0.4, -0.2) is 34.7 Å². The molecule has 1 aromatic rings. The van der Waals surface area contributed by atoms with Crippen LogP contribution >= 0.6 is 11.8 Å². The molecule has 0 atom stereocenters. The molecule has 0 spiro atoms. The van der Waals surface area contributed by atoms with Crippen LogP contribution in [0.5, 0.6) is 0 Å². The van der Waals surface area contributed by atoms with Gasteiger partial charge in [-0.1, -0.05) is 19.9 Å². The highest BCUT2D eigenvalue weighted by Gasteiger charge is 2.26. The monoisotopic (exact) mass is 280 g/mol. The quantitative estimate of drug-likeness (QED) is 0.815. The van der Waals surface area contributed by atoms with E-state index < -0.39 is 5.97 Å². The van der Waals surface area contributed by atoms with Gasteiger partial charge in [-0.3, -0.25) is 0 Å². The number of benzene rings is 1. The van der Waals surface area contributed by atoms with Crippen molar-refractivity contribution in [1.29, 1.82) is 0 Å². The first kappa shape index (κ1) is 14.1. The maximum absolute atomic E-state index is 11.3. The molecule has 19 heavy (non-hydrogen) atoms. The minimum atomic E-state index is -0.918. The van der Waals surface area contributed by atoms with Crippen LogP contribution in [-0.2, 0) is 0 Å². The Morgan fingerprint density at radius 2 is 2.16 bits per heavy atom. The number of thioether (sulfide) groups is 1. The zero-order valence-electron chi connectivity index (χ0n) is 11.3. The molecular formula is C14H20N2O2S. The van der Waals surface area contributed by atoms with Crippen LogP contribution in [0.4, 0.5) is 11.4 Å². The van der Waals surface area contributed by atoms with Crippen LogP contribution in [0.3, 0.4) is 0 Å². The fourth-order valence-corrected chi connectivity index (χ4v) is 3.43. The molecule has 2 rings (SSSR count). The summed E-state index contributed by atoms with van der Waals surface area (Å²) in [6, 6.07) is 5.08. The van der Waals surface area contributed by atoms with Gasteiger partial charge in [0.25, 0.3) is 0 Å². The molecule has 3 N–H and O–H groups in total. The molecule has 0 unspecified atom stereocenters. The number of nitrogen functional groups attached to an aromatic ring is 1. The lowest BCUT2D eigenvalue weighted by Crippen LogP contribution is -2.29. The molecule has 1 aliphatic heterocycles. The van der Waals surface area contributed by atoms with Crippen molar-refractivity contribution in [1.82, 2.24) is 0 Å². The fraction of sp³-hybridized carbons (Fsp3) is 0.500. The Hall–Kier alpha value is -1.36. The molecule has 1 aromatic carbocycles. The van der Waals surface area contributed by atoms with Gasteiger partial charge in [-0.15, -0.1) is 0 Å². The van der Waals surface area contributed by atoms with Crippen molar-refractivity contribution in [3.05, 3.63) is 23.8 Å². The summed E-state index contributed by atoms with van der Waals surface area (Å²) in [5.41, 5.74) is 7.51. The summed E-state index contributed by atoms with van der Waals surface area (Å²) < 4.78 is 0.238. The van der Waals surface area contributed by atoms with Gasteiger partial charge in [-0.25, -0.2) is 4.79 Å². The van der Waals surface area contributed by atoms with E-state index in [1.807, 2.05) is 11.8 Å². The van der Waals surface area contributed by atoms with Gasteiger partial charge in [0.2, 0.25) is 0 Å². The molecule has 0 aliphatic carbocycles. The first-order valence-electron chi connectivity index (χ1n) is 6.41. The smallest absolute Gasteiger partial charge is 0.337 e. The predicted octanol–water partition coefficient (Wildman–Crippen LogP) is 2.69. The van der Waals surface area contributed by atoms with E-state index >= 15 is 0 Å². The minimum Gasteiger partial charge on any atom is -0.478 e. The molecule has 5 heteroatoms. The summed E-state index contributed by atoms with van der Waals surface area (Å²) in [5, 5.41) is 9.31. The van der Waals surface area contributed by atoms with Crippen LogP contribution in [0.15, 0.2) is 18.2 Å². The molecule has 1 aliphatic rings. The molecule has 0 saturated carbocycles. The van der Waals surface area contributed by atoms with Gasteiger partial charge in [-0.2, -0.15) is 11.8 Å². The van der Waals surface area contributed by atoms with Crippen molar-refractivity contribution in [3.8, 4) is 0 Å². The summed E-state index contributed by atoms with van der Waals surface area (Å²) in [7, 11) is 0. The first-order chi connectivity index (χ1) is 8.91. The Balaban J connectivity index is 2.33. The lowest BCUT2D eigenvalue weighted by molar-refractivity contribution is 0.0697. The minimum absolute atomic E-state index is 0.238. The van der Waals surface area contributed by atoms with E-state index in [1.165, 1.54) is 0 Å². The largest absolute Gasteiger partial charge is 0.478 e. The number of carboxylic acids is 1. The molecule has 0 amide bonds. The Morgan fingerprint density at radius 3 is 2.84 bits per heavy atom. The Labute approximate surface area is 118 Å². The van der Waals surface area contributed by atoms with E-state index in [9.17, 15) is 9.90 Å². The third-order valence-corrected chi connectivity index (χ3v) is 4.82. The molecule has 104 valence electrons. The molecule has 0 aromatic heterocycles. The number of hydrogen-bond donors (Lipinski definition) is 2. The van der Waals surface area contributed by atoms with Gasteiger partial charge in [0.15, 0.2) is 0 Å². The van der Waals surface area contributed by atoms with Crippen molar-refractivity contribution in [3.63, 3.8) is 0 Å². The summed E-state index contributed by atoms with van der Waals surface area (Å²) in [4.78, 5) is 13.5. The van der Waals surface area contributed by atoms with Crippen LogP contribution in [0.25, 0.3) is 0 Å². The molecular weight excluding hydrogens is 260 g/mol. The predicted molar refractivity (Wildman–Crippen MR) is 81.2 cm³/mol. The van der Waals surface area contributed by atoms with Gasteiger partial charge in [0, 0.05) is 23.6 Å². The lowest BCUT2D eigenvalue weighted by atomic mass is 10.1. The maximum atomic E-state index is 11.3. The van der Waals surface area contributed by atoms with E-state index in [1.54, 1.807) is 18.2 Å². The highest BCUT2D eigenvalue weighted by atomic mass is 32.2. The van der Waals surface area contributed by atoms with E-state index in [0.717, 1.165) is 25.3 Å². The Morgan fingerprint density at radius 1 is 1.42 bits per heavy atom. The first-order valence-corrected chi connectivity index (χ1v) is 7.40. The highest BCUT2D eigenvalue weighted by Crippen LogP contribution is 2.35. The van der Waals surface area contributed by atoms with Gasteiger partial charge in [-0.05, 0) is 18.6 Å². The highest BCUT2D eigenvalue weighted by molar-refractivity contribution is 8.00. The average Bonchev–Trinajstić information content (AvgIpc) is 2.50. The number of nitrogens with two attached hydrogens (primary N) is 1. The number of para-hydroxylation sites is 1. The molecule has 1 fully saturated rings. The molecule has 4 nitrogen and oxygen atoms in total. The topological polar surface area (TPSA) is 66.6 Å². The number of carbonyl (C=O) groups is 1. The number of aromatic carboxylic acids is 1. The number of anilines is 2. The molecule has 1 heterocycles. The normalized spacial score (nSPS) is 18.9. The Bertz CT molecular complexity index is 488. The summed E-state index contributed by atoms with van der Waals surface area (Å²) >= 11 is 1.93. The van der Waals surface area contributed by atoms with Crippen molar-refractivity contribution >= 4 is 29.1 Å². The lowest BCUT2D eigenvalue weighted by Gasteiger charge is -2.26. The number of rotatable bonds is 2. The van der Waals surface area contributed by atoms with Crippen LogP contribution < -0.4 is 10.6 Å². The van der Waals surface area contributed by atoms with Gasteiger partial charge >= 0.3 is 5.97 Å². The van der Waals surface area contributed by atoms with Crippen molar-refractivity contribution < 1.29 is 9.90 Å². The van der Waals surface area contributed by atoms with Crippen molar-refractivity contribution in [2.75, 3.05) is 29.5 Å². The zero-order chi connectivity index (χ0) is 14.0. The number of hydrogen-bond acceptors (Lipinski definition) is 4. The van der Waals surface area contributed by atoms with Gasteiger partial charge in [0.05, 0.1) is 16.9 Å². The third-order valence-electron chi connectivity index (χ3n) is 3.45. The second-order valence-corrected chi connectivity index (χ2v) is 7.20. The molecule has 1 saturated heterocycles. The SMILES string of the molecule is CC1(C)CCN(c2c(N)cccc2C(=O)O)CCS1. The van der Waals surface area contributed by atoms with E-state index in [2.05, 4.69) is 18.7 Å². The number of carboxylic acid groups (broad SMARTS) is 1. The molecule has 0 bridgehead atoms. The average molecular weight is 280 g/mol.